The number of carbonyl (C=O) groups excluding carboxylic acids is 1. The van der Waals surface area contributed by atoms with Gasteiger partial charge in [0.25, 0.3) is 5.91 Å². The van der Waals surface area contributed by atoms with Crippen molar-refractivity contribution in [3.63, 3.8) is 0 Å². The Labute approximate surface area is 171 Å². The molecule has 0 bridgehead atoms. The summed E-state index contributed by atoms with van der Waals surface area (Å²) in [7, 11) is 0. The number of hydrogen-bond acceptors (Lipinski definition) is 4. The third-order valence-corrected chi connectivity index (χ3v) is 4.03. The van der Waals surface area contributed by atoms with Crippen molar-refractivity contribution in [2.45, 2.75) is 6.18 Å². The minimum atomic E-state index is -4.55. The van der Waals surface area contributed by atoms with E-state index in [0.717, 1.165) is 6.07 Å². The van der Waals surface area contributed by atoms with E-state index in [1.54, 1.807) is 18.2 Å². The zero-order valence-electron chi connectivity index (χ0n) is 15.8. The van der Waals surface area contributed by atoms with Crippen molar-refractivity contribution < 1.29 is 27.4 Å². The molecule has 1 amide bonds. The lowest BCUT2D eigenvalue weighted by molar-refractivity contribution is -0.137. The van der Waals surface area contributed by atoms with Crippen molar-refractivity contribution in [2.24, 2.45) is 0 Å². The lowest BCUT2D eigenvalue weighted by Gasteiger charge is -2.16. The highest BCUT2D eigenvalue weighted by Crippen LogP contribution is 2.34. The van der Waals surface area contributed by atoms with Gasteiger partial charge in [-0.25, -0.2) is 0 Å². The van der Waals surface area contributed by atoms with Crippen LogP contribution in [0.1, 0.15) is 15.9 Å². The van der Waals surface area contributed by atoms with Crippen molar-refractivity contribution in [1.29, 1.82) is 0 Å². The fourth-order valence-corrected chi connectivity index (χ4v) is 2.64. The molecule has 0 heterocycles. The fraction of sp³-hybridized carbons (Fsp3) is 0.136. The maximum absolute atomic E-state index is 13.1. The van der Waals surface area contributed by atoms with Crippen LogP contribution in [-0.4, -0.2) is 19.1 Å². The summed E-state index contributed by atoms with van der Waals surface area (Å²) in [4.78, 5) is 12.5. The third-order valence-electron chi connectivity index (χ3n) is 4.03. The highest BCUT2D eigenvalue weighted by molar-refractivity contribution is 5.97. The van der Waals surface area contributed by atoms with E-state index in [9.17, 15) is 18.0 Å². The van der Waals surface area contributed by atoms with Gasteiger partial charge in [0.2, 0.25) is 0 Å². The summed E-state index contributed by atoms with van der Waals surface area (Å²) in [6.45, 7) is 0.445. The molecule has 0 aromatic heterocycles. The summed E-state index contributed by atoms with van der Waals surface area (Å²) in [5, 5.41) is 0. The molecule has 3 rings (SSSR count). The Morgan fingerprint density at radius 1 is 0.800 bits per heavy atom. The average molecular weight is 416 g/mol. The number of alkyl halides is 3. The molecule has 0 aliphatic heterocycles. The smallest absolute Gasteiger partial charge is 0.418 e. The molecule has 0 unspecified atom stereocenters. The lowest BCUT2D eigenvalue weighted by atomic mass is 10.1. The second-order valence-corrected chi connectivity index (χ2v) is 6.13. The predicted octanol–water partition coefficient (Wildman–Crippen LogP) is 4.92. The van der Waals surface area contributed by atoms with Crippen LogP contribution < -0.4 is 20.3 Å². The quantitative estimate of drug-likeness (QED) is 0.404. The van der Waals surface area contributed by atoms with Gasteiger partial charge in [0.15, 0.2) is 0 Å². The van der Waals surface area contributed by atoms with E-state index in [1.807, 2.05) is 30.3 Å². The second kappa shape index (κ2) is 9.69. The molecule has 0 aliphatic rings. The van der Waals surface area contributed by atoms with E-state index in [2.05, 4.69) is 10.9 Å². The number of hydrogen-bond donors (Lipinski definition) is 2. The van der Waals surface area contributed by atoms with Gasteiger partial charge in [0, 0.05) is 0 Å². The van der Waals surface area contributed by atoms with Crippen molar-refractivity contribution in [3.8, 4) is 11.5 Å². The van der Waals surface area contributed by atoms with E-state index in [-0.39, 0.29) is 30.2 Å². The number of carbonyl (C=O) groups is 1. The molecule has 8 heteroatoms. The first-order chi connectivity index (χ1) is 14.4. The molecule has 2 N–H and O–H groups in total. The molecule has 30 heavy (non-hydrogen) atoms. The Hall–Kier alpha value is -3.68. The number of hydrazine groups is 1. The lowest BCUT2D eigenvalue weighted by Crippen LogP contribution is -2.31. The molecule has 5 nitrogen and oxygen atoms in total. The number of ether oxygens (including phenoxy) is 2. The van der Waals surface area contributed by atoms with Gasteiger partial charge in [-0.1, -0.05) is 42.5 Å². The number of benzene rings is 3. The summed E-state index contributed by atoms with van der Waals surface area (Å²) in [5.74, 6) is 0.351. The van der Waals surface area contributed by atoms with Crippen LogP contribution in [0.15, 0.2) is 78.9 Å². The first kappa shape index (κ1) is 21.0. The Morgan fingerprint density at radius 2 is 1.43 bits per heavy atom. The van der Waals surface area contributed by atoms with Crippen molar-refractivity contribution >= 4 is 11.6 Å². The zero-order valence-corrected chi connectivity index (χ0v) is 15.8. The minimum absolute atomic E-state index is 0.175. The van der Waals surface area contributed by atoms with Gasteiger partial charge < -0.3 is 9.47 Å². The normalized spacial score (nSPS) is 10.9. The number of halogens is 3. The SMILES string of the molecule is O=C(NNc1ccccc1C(F)(F)F)c1ccccc1OCCOc1ccccc1. The number of nitrogens with one attached hydrogen (secondary N) is 2. The van der Waals surface area contributed by atoms with Crippen molar-refractivity contribution in [3.05, 3.63) is 90.0 Å². The van der Waals surface area contributed by atoms with Crippen LogP contribution in [-0.2, 0) is 6.18 Å². The molecule has 0 atom stereocenters. The molecule has 0 radical (unpaired) electrons. The average Bonchev–Trinajstić information content (AvgIpc) is 2.75. The fourth-order valence-electron chi connectivity index (χ4n) is 2.64. The van der Waals surface area contributed by atoms with Crippen molar-refractivity contribution in [1.82, 2.24) is 5.43 Å². The van der Waals surface area contributed by atoms with E-state index in [4.69, 9.17) is 9.47 Å². The van der Waals surface area contributed by atoms with Crippen LogP contribution in [0.5, 0.6) is 11.5 Å². The summed E-state index contributed by atoms with van der Waals surface area (Å²) in [6.07, 6.45) is -4.55. The number of para-hydroxylation sites is 3. The Kier molecular flexibility index (Phi) is 6.79. The van der Waals surface area contributed by atoms with E-state index >= 15 is 0 Å². The van der Waals surface area contributed by atoms with Crippen LogP contribution in [0, 0.1) is 0 Å². The van der Waals surface area contributed by atoms with E-state index in [0.29, 0.717) is 5.75 Å². The van der Waals surface area contributed by atoms with Crippen LogP contribution in [0.3, 0.4) is 0 Å². The molecule has 0 saturated heterocycles. The van der Waals surface area contributed by atoms with Crippen molar-refractivity contribution in [2.75, 3.05) is 18.6 Å². The third kappa shape index (κ3) is 5.66. The summed E-state index contributed by atoms with van der Waals surface area (Å²) in [5.41, 5.74) is 3.66. The summed E-state index contributed by atoms with van der Waals surface area (Å²) >= 11 is 0. The monoisotopic (exact) mass is 416 g/mol. The molecule has 0 spiro atoms. The maximum atomic E-state index is 13.1. The largest absolute Gasteiger partial charge is 0.490 e. The first-order valence-electron chi connectivity index (χ1n) is 9.07. The Morgan fingerprint density at radius 3 is 2.20 bits per heavy atom. The summed E-state index contributed by atoms with van der Waals surface area (Å²) < 4.78 is 50.4. The molecule has 0 fully saturated rings. The van der Waals surface area contributed by atoms with Crippen LogP contribution in [0.4, 0.5) is 18.9 Å². The molecular weight excluding hydrogens is 397 g/mol. The van der Waals surface area contributed by atoms with Gasteiger partial charge in [0.1, 0.15) is 24.7 Å². The Bertz CT molecular complexity index is 979. The molecule has 0 saturated carbocycles. The van der Waals surface area contributed by atoms with Gasteiger partial charge in [0.05, 0.1) is 16.8 Å². The standard InChI is InChI=1S/C22H19F3N2O3/c23-22(24,25)18-11-5-6-12-19(18)26-27-21(28)17-10-4-7-13-20(17)30-15-14-29-16-8-2-1-3-9-16/h1-13,26H,14-15H2,(H,27,28). The second-order valence-electron chi connectivity index (χ2n) is 6.13. The number of rotatable bonds is 8. The molecule has 156 valence electrons. The molecule has 0 aliphatic carbocycles. The highest BCUT2D eigenvalue weighted by atomic mass is 19.4. The maximum Gasteiger partial charge on any atom is 0.418 e. The van der Waals surface area contributed by atoms with Crippen LogP contribution in [0.2, 0.25) is 0 Å². The van der Waals surface area contributed by atoms with Gasteiger partial charge in [-0.3, -0.25) is 15.6 Å². The minimum Gasteiger partial charge on any atom is -0.490 e. The topological polar surface area (TPSA) is 59.6 Å². The number of amides is 1. The zero-order chi connectivity index (χ0) is 21.4. The van der Waals surface area contributed by atoms with E-state index in [1.165, 1.54) is 24.3 Å². The van der Waals surface area contributed by atoms with Gasteiger partial charge in [-0.15, -0.1) is 0 Å². The highest BCUT2D eigenvalue weighted by Gasteiger charge is 2.33. The van der Waals surface area contributed by atoms with Crippen LogP contribution >= 0.6 is 0 Å². The first-order valence-corrected chi connectivity index (χ1v) is 9.07. The van der Waals surface area contributed by atoms with E-state index < -0.39 is 17.6 Å². The van der Waals surface area contributed by atoms with Gasteiger partial charge in [-0.05, 0) is 36.4 Å². The number of anilines is 1. The summed E-state index contributed by atoms with van der Waals surface area (Å²) in [6, 6.07) is 20.5. The van der Waals surface area contributed by atoms with Gasteiger partial charge in [-0.2, -0.15) is 13.2 Å². The molecule has 3 aromatic rings. The van der Waals surface area contributed by atoms with Gasteiger partial charge >= 0.3 is 6.18 Å². The Balaban J connectivity index is 1.59. The molecular formula is C22H19F3N2O3. The van der Waals surface area contributed by atoms with Crippen LogP contribution in [0.25, 0.3) is 0 Å². The molecule has 3 aromatic carbocycles. The predicted molar refractivity (Wildman–Crippen MR) is 106 cm³/mol.